The van der Waals surface area contributed by atoms with Gasteiger partial charge in [0, 0.05) is 6.20 Å². The van der Waals surface area contributed by atoms with E-state index in [9.17, 15) is 8.78 Å². The quantitative estimate of drug-likeness (QED) is 0.404. The number of pyridine rings is 1. The largest absolute Gasteiger partial charge is 0.491 e. The summed E-state index contributed by atoms with van der Waals surface area (Å²) in [5.41, 5.74) is 2.76. The predicted octanol–water partition coefficient (Wildman–Crippen LogP) is 7.86. The molecule has 1 saturated carbocycles. The molecule has 3 nitrogen and oxygen atoms in total. The van der Waals surface area contributed by atoms with Crippen LogP contribution < -0.4 is 4.74 Å². The summed E-state index contributed by atoms with van der Waals surface area (Å²) >= 11 is 0. The summed E-state index contributed by atoms with van der Waals surface area (Å²) in [5, 5.41) is 0. The van der Waals surface area contributed by atoms with Crippen LogP contribution in [0.2, 0.25) is 0 Å². The number of rotatable bonds is 8. The van der Waals surface area contributed by atoms with Gasteiger partial charge in [0.05, 0.1) is 25.0 Å². The fourth-order valence-corrected chi connectivity index (χ4v) is 5.48. The minimum Gasteiger partial charge on any atom is -0.491 e. The Labute approximate surface area is 196 Å². The maximum atomic E-state index is 14.6. The number of benzene rings is 1. The highest BCUT2D eigenvalue weighted by atomic mass is 19.2. The summed E-state index contributed by atoms with van der Waals surface area (Å²) in [6.07, 6.45) is 11.8. The van der Waals surface area contributed by atoms with Crippen molar-refractivity contribution in [1.29, 1.82) is 0 Å². The van der Waals surface area contributed by atoms with Crippen LogP contribution in [-0.4, -0.2) is 18.2 Å². The SMILES string of the molecule is CCCCC1CCC(c2ccc(C3CCC(c4ccc(OCC)c(F)c4F)CC3)cn2)OC1. The molecule has 5 heteroatoms. The normalized spacial score (nSPS) is 25.7. The van der Waals surface area contributed by atoms with Crippen LogP contribution in [0, 0.1) is 17.6 Å². The number of ether oxygens (including phenoxy) is 2. The number of aromatic nitrogens is 1. The minimum absolute atomic E-state index is 0.00275. The Balaban J connectivity index is 1.31. The lowest BCUT2D eigenvalue weighted by Gasteiger charge is -2.30. The average molecular weight is 458 g/mol. The molecule has 0 radical (unpaired) electrons. The summed E-state index contributed by atoms with van der Waals surface area (Å²) in [7, 11) is 0. The van der Waals surface area contributed by atoms with Crippen LogP contribution in [0.4, 0.5) is 8.78 Å². The van der Waals surface area contributed by atoms with Crippen LogP contribution in [0.15, 0.2) is 30.5 Å². The van der Waals surface area contributed by atoms with Crippen molar-refractivity contribution in [3.05, 3.63) is 58.9 Å². The lowest BCUT2D eigenvalue weighted by Crippen LogP contribution is -2.21. The van der Waals surface area contributed by atoms with Gasteiger partial charge in [-0.1, -0.05) is 31.9 Å². The van der Waals surface area contributed by atoms with Gasteiger partial charge >= 0.3 is 0 Å². The molecule has 2 aromatic rings. The van der Waals surface area contributed by atoms with E-state index in [0.717, 1.165) is 44.4 Å². The van der Waals surface area contributed by atoms with Crippen molar-refractivity contribution < 1.29 is 18.3 Å². The van der Waals surface area contributed by atoms with E-state index in [4.69, 9.17) is 14.5 Å². The summed E-state index contributed by atoms with van der Waals surface area (Å²) in [6.45, 7) is 5.17. The molecule has 4 rings (SSSR count). The lowest BCUT2D eigenvalue weighted by atomic mass is 9.76. The summed E-state index contributed by atoms with van der Waals surface area (Å²) < 4.78 is 40.2. The molecule has 2 aliphatic rings. The van der Waals surface area contributed by atoms with Crippen molar-refractivity contribution in [1.82, 2.24) is 4.98 Å². The second-order valence-corrected chi connectivity index (χ2v) is 9.69. The first-order valence-corrected chi connectivity index (χ1v) is 12.8. The molecule has 2 fully saturated rings. The maximum absolute atomic E-state index is 14.6. The van der Waals surface area contributed by atoms with Crippen LogP contribution in [-0.2, 0) is 4.74 Å². The second-order valence-electron chi connectivity index (χ2n) is 9.69. The Morgan fingerprint density at radius 2 is 1.73 bits per heavy atom. The third-order valence-corrected chi connectivity index (χ3v) is 7.49. The molecule has 33 heavy (non-hydrogen) atoms. The van der Waals surface area contributed by atoms with Gasteiger partial charge in [-0.2, -0.15) is 4.39 Å². The maximum Gasteiger partial charge on any atom is 0.200 e. The highest BCUT2D eigenvalue weighted by Gasteiger charge is 2.28. The minimum atomic E-state index is -0.863. The lowest BCUT2D eigenvalue weighted by molar-refractivity contribution is -0.0220. The van der Waals surface area contributed by atoms with E-state index in [1.54, 1.807) is 19.1 Å². The molecule has 2 atom stereocenters. The van der Waals surface area contributed by atoms with Gasteiger partial charge in [0.25, 0.3) is 0 Å². The molecule has 180 valence electrons. The zero-order valence-electron chi connectivity index (χ0n) is 20.0. The van der Waals surface area contributed by atoms with E-state index in [0.29, 0.717) is 24.0 Å². The second kappa shape index (κ2) is 11.4. The fraction of sp³-hybridized carbons (Fsp3) is 0.607. The van der Waals surface area contributed by atoms with Crippen LogP contribution in [0.25, 0.3) is 0 Å². The Hall–Kier alpha value is -2.01. The van der Waals surface area contributed by atoms with Crippen molar-refractivity contribution in [3.63, 3.8) is 0 Å². The predicted molar refractivity (Wildman–Crippen MR) is 127 cm³/mol. The van der Waals surface area contributed by atoms with Gasteiger partial charge in [0.2, 0.25) is 5.82 Å². The highest BCUT2D eigenvalue weighted by molar-refractivity contribution is 5.33. The Morgan fingerprint density at radius 3 is 2.36 bits per heavy atom. The van der Waals surface area contributed by atoms with Gasteiger partial charge in [0.1, 0.15) is 0 Å². The Kier molecular flexibility index (Phi) is 8.34. The van der Waals surface area contributed by atoms with Crippen molar-refractivity contribution in [3.8, 4) is 5.75 Å². The Bertz CT molecular complexity index is 886. The molecular formula is C28H37F2NO2. The van der Waals surface area contributed by atoms with Gasteiger partial charge in [-0.25, -0.2) is 4.39 Å². The first-order valence-electron chi connectivity index (χ1n) is 12.8. The number of hydrogen-bond donors (Lipinski definition) is 0. The zero-order valence-corrected chi connectivity index (χ0v) is 20.0. The molecule has 1 aromatic heterocycles. The molecule has 1 aromatic carbocycles. The molecule has 0 spiro atoms. The molecule has 1 saturated heterocycles. The highest BCUT2D eigenvalue weighted by Crippen LogP contribution is 2.42. The van der Waals surface area contributed by atoms with Gasteiger partial charge in [-0.3, -0.25) is 4.98 Å². The van der Waals surface area contributed by atoms with E-state index in [1.165, 1.54) is 31.2 Å². The summed E-state index contributed by atoms with van der Waals surface area (Å²) in [6, 6.07) is 7.57. The number of halogens is 2. The van der Waals surface area contributed by atoms with Gasteiger partial charge in [0.15, 0.2) is 11.6 Å². The van der Waals surface area contributed by atoms with Gasteiger partial charge in [-0.15, -0.1) is 0 Å². The molecule has 1 aliphatic carbocycles. The number of unbranched alkanes of at least 4 members (excludes halogenated alkanes) is 1. The molecule has 0 bridgehead atoms. The first-order chi connectivity index (χ1) is 16.1. The van der Waals surface area contributed by atoms with E-state index in [2.05, 4.69) is 19.1 Å². The third-order valence-electron chi connectivity index (χ3n) is 7.49. The molecular weight excluding hydrogens is 420 g/mol. The standard InChI is InChI=1S/C28H37F2NO2/c1-3-5-6-19-7-15-25(33-18-19)24-14-12-22(17-31-24)20-8-10-21(11-9-20)23-13-16-26(32-4-2)28(30)27(23)29/h12-14,16-17,19-21,25H,3-11,15,18H2,1-2H3. The van der Waals surface area contributed by atoms with E-state index in [1.807, 2.05) is 6.20 Å². The smallest absolute Gasteiger partial charge is 0.200 e. The van der Waals surface area contributed by atoms with Crippen molar-refractivity contribution in [2.45, 2.75) is 89.6 Å². The van der Waals surface area contributed by atoms with E-state index < -0.39 is 11.6 Å². The van der Waals surface area contributed by atoms with Crippen LogP contribution >= 0.6 is 0 Å². The monoisotopic (exact) mass is 457 g/mol. The number of nitrogens with zero attached hydrogens (tertiary/aromatic N) is 1. The number of hydrogen-bond acceptors (Lipinski definition) is 3. The van der Waals surface area contributed by atoms with Crippen LogP contribution in [0.5, 0.6) is 5.75 Å². The van der Waals surface area contributed by atoms with Crippen LogP contribution in [0.1, 0.15) is 106 Å². The van der Waals surface area contributed by atoms with Crippen molar-refractivity contribution >= 4 is 0 Å². The summed E-state index contributed by atoms with van der Waals surface area (Å²) in [5.74, 6) is -0.446. The summed E-state index contributed by atoms with van der Waals surface area (Å²) in [4.78, 5) is 4.75. The van der Waals surface area contributed by atoms with E-state index >= 15 is 0 Å². The Morgan fingerprint density at radius 1 is 0.939 bits per heavy atom. The molecule has 2 unspecified atom stereocenters. The van der Waals surface area contributed by atoms with Gasteiger partial charge < -0.3 is 9.47 Å². The first kappa shape index (κ1) is 24.1. The van der Waals surface area contributed by atoms with Crippen molar-refractivity contribution in [2.75, 3.05) is 13.2 Å². The topological polar surface area (TPSA) is 31.4 Å². The van der Waals surface area contributed by atoms with Crippen LogP contribution in [0.3, 0.4) is 0 Å². The third kappa shape index (κ3) is 5.74. The average Bonchev–Trinajstić information content (AvgIpc) is 2.86. The fourth-order valence-electron chi connectivity index (χ4n) is 5.48. The molecule has 2 heterocycles. The van der Waals surface area contributed by atoms with Gasteiger partial charge in [-0.05, 0) is 92.9 Å². The molecule has 0 amide bonds. The van der Waals surface area contributed by atoms with Crippen molar-refractivity contribution in [2.24, 2.45) is 5.92 Å². The molecule has 1 aliphatic heterocycles. The zero-order chi connectivity index (χ0) is 23.2. The molecule has 0 N–H and O–H groups in total. The van der Waals surface area contributed by atoms with E-state index in [-0.39, 0.29) is 17.8 Å².